The highest BCUT2D eigenvalue weighted by Crippen LogP contribution is 2.40. The molecule has 0 saturated heterocycles. The summed E-state index contributed by atoms with van der Waals surface area (Å²) in [5.41, 5.74) is 0.224. The highest BCUT2D eigenvalue weighted by molar-refractivity contribution is 5.44. The van der Waals surface area contributed by atoms with E-state index in [1.54, 1.807) is 18.2 Å². The van der Waals surface area contributed by atoms with Gasteiger partial charge in [0.25, 0.3) is 0 Å². The van der Waals surface area contributed by atoms with E-state index in [9.17, 15) is 4.39 Å². The first-order valence-electron chi connectivity index (χ1n) is 5.15. The first kappa shape index (κ1) is 9.97. The van der Waals surface area contributed by atoms with E-state index in [2.05, 4.69) is 11.4 Å². The minimum atomic E-state index is -0.262. The molecule has 1 aliphatic rings. The number of nitriles is 1. The van der Waals surface area contributed by atoms with Gasteiger partial charge in [0.2, 0.25) is 0 Å². The van der Waals surface area contributed by atoms with Gasteiger partial charge in [0.1, 0.15) is 5.82 Å². The molecular weight excluding hydrogens is 191 g/mol. The van der Waals surface area contributed by atoms with Crippen molar-refractivity contribution >= 4 is 5.69 Å². The summed E-state index contributed by atoms with van der Waals surface area (Å²) in [7, 11) is 0. The second-order valence-electron chi connectivity index (χ2n) is 4.08. The zero-order chi connectivity index (χ0) is 10.7. The number of para-hydroxylation sites is 1. The molecule has 0 heterocycles. The fourth-order valence-corrected chi connectivity index (χ4v) is 1.80. The summed E-state index contributed by atoms with van der Waals surface area (Å²) in [6.07, 6.45) is 2.95. The van der Waals surface area contributed by atoms with Crippen LogP contribution in [0.25, 0.3) is 0 Å². The van der Waals surface area contributed by atoms with Gasteiger partial charge in [-0.15, -0.1) is 0 Å². The lowest BCUT2D eigenvalue weighted by molar-refractivity contribution is 0.233. The second kappa shape index (κ2) is 3.90. The van der Waals surface area contributed by atoms with Crippen molar-refractivity contribution in [3.8, 4) is 6.07 Å². The van der Waals surface area contributed by atoms with Crippen LogP contribution in [0.3, 0.4) is 0 Å². The Morgan fingerprint density at radius 1 is 1.40 bits per heavy atom. The van der Waals surface area contributed by atoms with Gasteiger partial charge in [-0.1, -0.05) is 18.6 Å². The van der Waals surface area contributed by atoms with E-state index in [4.69, 9.17) is 5.26 Å². The third-order valence-electron chi connectivity index (χ3n) is 3.04. The van der Waals surface area contributed by atoms with Gasteiger partial charge < -0.3 is 5.32 Å². The van der Waals surface area contributed by atoms with Crippen molar-refractivity contribution in [2.75, 3.05) is 11.9 Å². The number of nitrogens with zero attached hydrogens (tertiary/aromatic N) is 1. The fourth-order valence-electron chi connectivity index (χ4n) is 1.80. The Morgan fingerprint density at radius 2 is 2.13 bits per heavy atom. The van der Waals surface area contributed by atoms with Crippen molar-refractivity contribution in [2.45, 2.75) is 19.3 Å². The molecule has 2 nitrogen and oxygen atoms in total. The molecule has 0 unspecified atom stereocenters. The van der Waals surface area contributed by atoms with Gasteiger partial charge in [0.05, 0.1) is 17.2 Å². The Hall–Kier alpha value is -1.56. The molecule has 0 bridgehead atoms. The van der Waals surface area contributed by atoms with Crippen LogP contribution >= 0.6 is 0 Å². The molecule has 1 N–H and O–H groups in total. The SMILES string of the molecule is N#CC1(CNc2ccccc2F)CCC1. The molecule has 3 heteroatoms. The van der Waals surface area contributed by atoms with Crippen LogP contribution in [0.1, 0.15) is 19.3 Å². The minimum absolute atomic E-state index is 0.259. The molecule has 1 aliphatic carbocycles. The normalized spacial score (nSPS) is 17.6. The summed E-state index contributed by atoms with van der Waals surface area (Å²) < 4.78 is 13.2. The van der Waals surface area contributed by atoms with Crippen molar-refractivity contribution in [1.82, 2.24) is 0 Å². The molecule has 1 aromatic rings. The van der Waals surface area contributed by atoms with Crippen LogP contribution in [0.15, 0.2) is 24.3 Å². The average molecular weight is 204 g/mol. The van der Waals surface area contributed by atoms with Gasteiger partial charge in [-0.3, -0.25) is 0 Å². The summed E-state index contributed by atoms with van der Waals surface area (Å²) >= 11 is 0. The Kier molecular flexibility index (Phi) is 2.59. The molecule has 2 rings (SSSR count). The van der Waals surface area contributed by atoms with Crippen LogP contribution in [0, 0.1) is 22.6 Å². The van der Waals surface area contributed by atoms with Crippen molar-refractivity contribution in [3.63, 3.8) is 0 Å². The van der Waals surface area contributed by atoms with Crippen LogP contribution in [-0.4, -0.2) is 6.54 Å². The molecule has 1 saturated carbocycles. The maximum atomic E-state index is 13.2. The Labute approximate surface area is 88.7 Å². The Balaban J connectivity index is 1.99. The van der Waals surface area contributed by atoms with Gasteiger partial charge in [0, 0.05) is 6.54 Å². The molecule has 0 radical (unpaired) electrons. The highest BCUT2D eigenvalue weighted by Gasteiger charge is 2.36. The minimum Gasteiger partial charge on any atom is -0.381 e. The van der Waals surface area contributed by atoms with E-state index in [0.717, 1.165) is 19.3 Å². The van der Waals surface area contributed by atoms with Crippen molar-refractivity contribution in [3.05, 3.63) is 30.1 Å². The van der Waals surface area contributed by atoms with Crippen LogP contribution in [0.2, 0.25) is 0 Å². The maximum Gasteiger partial charge on any atom is 0.146 e. The molecule has 1 fully saturated rings. The number of benzene rings is 1. The van der Waals surface area contributed by atoms with Crippen molar-refractivity contribution in [2.24, 2.45) is 5.41 Å². The summed E-state index contributed by atoms with van der Waals surface area (Å²) in [5.74, 6) is -0.259. The molecule has 0 amide bonds. The van der Waals surface area contributed by atoms with Crippen LogP contribution in [0.5, 0.6) is 0 Å². The van der Waals surface area contributed by atoms with Gasteiger partial charge in [-0.25, -0.2) is 4.39 Å². The van der Waals surface area contributed by atoms with E-state index in [0.29, 0.717) is 12.2 Å². The van der Waals surface area contributed by atoms with Gasteiger partial charge >= 0.3 is 0 Å². The van der Waals surface area contributed by atoms with E-state index in [1.807, 2.05) is 0 Å². The number of halogens is 1. The zero-order valence-electron chi connectivity index (χ0n) is 8.46. The molecular formula is C12H13FN2. The lowest BCUT2D eigenvalue weighted by Crippen LogP contribution is -2.35. The molecule has 15 heavy (non-hydrogen) atoms. The van der Waals surface area contributed by atoms with E-state index < -0.39 is 0 Å². The van der Waals surface area contributed by atoms with Crippen LogP contribution < -0.4 is 5.32 Å². The lowest BCUT2D eigenvalue weighted by Gasteiger charge is -2.35. The number of hydrogen-bond acceptors (Lipinski definition) is 2. The van der Waals surface area contributed by atoms with E-state index in [1.165, 1.54) is 6.07 Å². The zero-order valence-corrected chi connectivity index (χ0v) is 8.46. The average Bonchev–Trinajstić information content (AvgIpc) is 2.19. The smallest absolute Gasteiger partial charge is 0.146 e. The Bertz CT molecular complexity index is 391. The third kappa shape index (κ3) is 1.94. The summed E-state index contributed by atoms with van der Waals surface area (Å²) in [6, 6.07) is 8.87. The largest absolute Gasteiger partial charge is 0.381 e. The first-order valence-corrected chi connectivity index (χ1v) is 5.15. The lowest BCUT2D eigenvalue weighted by atomic mass is 9.70. The Morgan fingerprint density at radius 3 is 2.67 bits per heavy atom. The van der Waals surface area contributed by atoms with E-state index in [-0.39, 0.29) is 11.2 Å². The third-order valence-corrected chi connectivity index (χ3v) is 3.04. The van der Waals surface area contributed by atoms with Crippen LogP contribution in [0.4, 0.5) is 10.1 Å². The molecule has 0 aliphatic heterocycles. The molecule has 78 valence electrons. The number of nitrogens with one attached hydrogen (secondary N) is 1. The topological polar surface area (TPSA) is 35.8 Å². The molecule has 0 aromatic heterocycles. The quantitative estimate of drug-likeness (QED) is 0.821. The first-order chi connectivity index (χ1) is 7.26. The standard InChI is InChI=1S/C12H13FN2/c13-10-4-1-2-5-11(10)15-9-12(8-14)6-3-7-12/h1-2,4-5,15H,3,6-7,9H2. The van der Waals surface area contributed by atoms with Gasteiger partial charge in [0.15, 0.2) is 0 Å². The van der Waals surface area contributed by atoms with Gasteiger partial charge in [-0.05, 0) is 25.0 Å². The molecule has 0 spiro atoms. The summed E-state index contributed by atoms with van der Waals surface area (Å²) in [6.45, 7) is 0.546. The number of hydrogen-bond donors (Lipinski definition) is 1. The predicted molar refractivity (Wildman–Crippen MR) is 56.8 cm³/mol. The second-order valence-corrected chi connectivity index (χ2v) is 4.08. The fraction of sp³-hybridized carbons (Fsp3) is 0.417. The summed E-state index contributed by atoms with van der Waals surface area (Å²) in [5, 5.41) is 12.0. The van der Waals surface area contributed by atoms with Crippen molar-refractivity contribution < 1.29 is 4.39 Å². The van der Waals surface area contributed by atoms with Crippen LogP contribution in [-0.2, 0) is 0 Å². The highest BCUT2D eigenvalue weighted by atomic mass is 19.1. The number of rotatable bonds is 3. The number of anilines is 1. The van der Waals surface area contributed by atoms with E-state index >= 15 is 0 Å². The van der Waals surface area contributed by atoms with Gasteiger partial charge in [-0.2, -0.15) is 5.26 Å². The monoisotopic (exact) mass is 204 g/mol. The predicted octanol–water partition coefficient (Wildman–Crippen LogP) is 2.93. The molecule has 0 atom stereocenters. The summed E-state index contributed by atoms with van der Waals surface area (Å²) in [4.78, 5) is 0. The molecule has 1 aromatic carbocycles. The maximum absolute atomic E-state index is 13.2. The van der Waals surface area contributed by atoms with Crippen molar-refractivity contribution in [1.29, 1.82) is 5.26 Å².